The lowest BCUT2D eigenvalue weighted by atomic mass is 9.94. The first-order chi connectivity index (χ1) is 12.8. The van der Waals surface area contributed by atoms with Crippen LogP contribution in [-0.2, 0) is 0 Å². The number of fused-ring (bicyclic) bond motifs is 1. The Kier molecular flexibility index (Phi) is 4.48. The van der Waals surface area contributed by atoms with Crippen molar-refractivity contribution in [3.8, 4) is 5.75 Å². The first-order valence-electron chi connectivity index (χ1n) is 8.81. The molecule has 6 nitrogen and oxygen atoms in total. The molecule has 0 radical (unpaired) electrons. The van der Waals surface area contributed by atoms with Crippen molar-refractivity contribution in [2.45, 2.75) is 25.3 Å². The van der Waals surface area contributed by atoms with E-state index in [0.29, 0.717) is 17.6 Å². The minimum absolute atomic E-state index is 0.0394. The number of piperidine rings is 1. The van der Waals surface area contributed by atoms with E-state index in [1.807, 2.05) is 53.4 Å². The van der Waals surface area contributed by atoms with Crippen molar-refractivity contribution in [2.24, 2.45) is 0 Å². The molecule has 3 aromatic rings. The minimum Gasteiger partial charge on any atom is -0.496 e. The van der Waals surface area contributed by atoms with Crippen LogP contribution in [-0.4, -0.2) is 39.6 Å². The first-order valence-corrected chi connectivity index (χ1v) is 8.81. The molecule has 0 saturated carbocycles. The molecule has 132 valence electrons. The van der Waals surface area contributed by atoms with Crippen LogP contribution in [0.25, 0.3) is 11.0 Å². The van der Waals surface area contributed by atoms with E-state index >= 15 is 0 Å². The minimum atomic E-state index is -0.182. The molecule has 6 heteroatoms. The molecular formula is C20H20N4O2. The second-order valence-corrected chi connectivity index (χ2v) is 6.38. The smallest absolute Gasteiger partial charge is 0.294 e. The number of rotatable bonds is 3. The number of carbonyl (C=O) groups is 1. The van der Waals surface area contributed by atoms with Crippen molar-refractivity contribution < 1.29 is 9.53 Å². The highest BCUT2D eigenvalue weighted by molar-refractivity contribution is 5.92. The zero-order chi connectivity index (χ0) is 17.9. The molecular weight excluding hydrogens is 328 g/mol. The van der Waals surface area contributed by atoms with Crippen LogP contribution >= 0.6 is 0 Å². The van der Waals surface area contributed by atoms with Crippen molar-refractivity contribution >= 4 is 16.9 Å². The van der Waals surface area contributed by atoms with Crippen molar-refractivity contribution in [3.05, 3.63) is 59.9 Å². The maximum absolute atomic E-state index is 13.1. The summed E-state index contributed by atoms with van der Waals surface area (Å²) in [6, 6.07) is 15.3. The number of benzene rings is 2. The third kappa shape index (κ3) is 2.98. The number of methoxy groups -OCH3 is 1. The lowest BCUT2D eigenvalue weighted by Gasteiger charge is -2.36. The monoisotopic (exact) mass is 348 g/mol. The van der Waals surface area contributed by atoms with Gasteiger partial charge in [-0.15, -0.1) is 10.2 Å². The van der Waals surface area contributed by atoms with Gasteiger partial charge in [-0.05, 0) is 37.5 Å². The van der Waals surface area contributed by atoms with Gasteiger partial charge in [0.05, 0.1) is 18.7 Å². The van der Waals surface area contributed by atoms with Crippen LogP contribution in [0.2, 0.25) is 0 Å². The predicted molar refractivity (Wildman–Crippen MR) is 98.0 cm³/mol. The fraction of sp³-hybridized carbons (Fsp3) is 0.300. The maximum atomic E-state index is 13.1. The molecule has 1 saturated heterocycles. The van der Waals surface area contributed by atoms with Gasteiger partial charge in [0.15, 0.2) is 0 Å². The molecule has 1 amide bonds. The summed E-state index contributed by atoms with van der Waals surface area (Å²) in [7, 11) is 1.66. The zero-order valence-corrected chi connectivity index (χ0v) is 14.6. The Hall–Kier alpha value is -3.02. The summed E-state index contributed by atoms with van der Waals surface area (Å²) in [5.41, 5.74) is 2.39. The van der Waals surface area contributed by atoms with E-state index in [1.54, 1.807) is 7.11 Å². The number of hydrogen-bond acceptors (Lipinski definition) is 5. The topological polar surface area (TPSA) is 68.2 Å². The highest BCUT2D eigenvalue weighted by atomic mass is 16.5. The summed E-state index contributed by atoms with van der Waals surface area (Å²) in [5, 5.41) is 8.21. The molecule has 2 aromatic carbocycles. The standard InChI is InChI=1S/C20H20N4O2/c1-26-18-12-5-2-8-14(18)17-11-6-7-13-24(17)20(25)19-21-15-9-3-4-10-16(15)22-23-19/h2-5,8-10,12,17H,6-7,11,13H2,1H3. The van der Waals surface area contributed by atoms with Crippen molar-refractivity contribution in [1.29, 1.82) is 0 Å². The number of nitrogens with zero attached hydrogens (tertiary/aromatic N) is 4. The molecule has 1 aromatic heterocycles. The normalized spacial score (nSPS) is 17.3. The molecule has 0 bridgehead atoms. The van der Waals surface area contributed by atoms with Gasteiger partial charge in [0, 0.05) is 12.1 Å². The van der Waals surface area contributed by atoms with Crippen LogP contribution in [0, 0.1) is 0 Å². The number of hydrogen-bond donors (Lipinski definition) is 0. The van der Waals surface area contributed by atoms with Gasteiger partial charge < -0.3 is 9.64 Å². The van der Waals surface area contributed by atoms with E-state index in [0.717, 1.165) is 30.6 Å². The molecule has 1 fully saturated rings. The average Bonchev–Trinajstić information content (AvgIpc) is 2.73. The highest BCUT2D eigenvalue weighted by Crippen LogP contribution is 2.36. The molecule has 1 aliphatic heterocycles. The molecule has 4 rings (SSSR count). The fourth-order valence-electron chi connectivity index (χ4n) is 3.54. The quantitative estimate of drug-likeness (QED) is 0.726. The summed E-state index contributed by atoms with van der Waals surface area (Å²) in [5.74, 6) is 0.763. The lowest BCUT2D eigenvalue weighted by Crippen LogP contribution is -2.39. The highest BCUT2D eigenvalue weighted by Gasteiger charge is 2.32. The second-order valence-electron chi connectivity index (χ2n) is 6.38. The molecule has 1 aliphatic rings. The van der Waals surface area contributed by atoms with Gasteiger partial charge in [-0.2, -0.15) is 0 Å². The number of aromatic nitrogens is 3. The molecule has 26 heavy (non-hydrogen) atoms. The SMILES string of the molecule is COc1ccccc1C1CCCCN1C(=O)c1nnc2ccccc2n1. The van der Waals surface area contributed by atoms with Gasteiger partial charge in [0.1, 0.15) is 11.3 Å². The molecule has 0 N–H and O–H groups in total. The maximum Gasteiger partial charge on any atom is 0.294 e. The molecule has 1 unspecified atom stereocenters. The van der Waals surface area contributed by atoms with Gasteiger partial charge in [-0.25, -0.2) is 4.98 Å². The Bertz CT molecular complexity index is 944. The van der Waals surface area contributed by atoms with Crippen LogP contribution in [0.1, 0.15) is 41.5 Å². The van der Waals surface area contributed by atoms with Crippen molar-refractivity contribution in [3.63, 3.8) is 0 Å². The van der Waals surface area contributed by atoms with Gasteiger partial charge in [-0.1, -0.05) is 30.3 Å². The predicted octanol–water partition coefficient (Wildman–Crippen LogP) is 3.40. The average molecular weight is 348 g/mol. The number of likely N-dealkylation sites (tertiary alicyclic amines) is 1. The van der Waals surface area contributed by atoms with Crippen LogP contribution in [0.3, 0.4) is 0 Å². The van der Waals surface area contributed by atoms with Crippen LogP contribution < -0.4 is 4.74 Å². The Morgan fingerprint density at radius 3 is 2.65 bits per heavy atom. The van der Waals surface area contributed by atoms with Crippen molar-refractivity contribution in [2.75, 3.05) is 13.7 Å². The number of carbonyl (C=O) groups excluding carboxylic acids is 1. The number of amides is 1. The molecule has 1 atom stereocenters. The van der Waals surface area contributed by atoms with E-state index < -0.39 is 0 Å². The van der Waals surface area contributed by atoms with Gasteiger partial charge in [-0.3, -0.25) is 4.79 Å². The first kappa shape index (κ1) is 16.4. The second kappa shape index (κ2) is 7.07. The van der Waals surface area contributed by atoms with E-state index in [2.05, 4.69) is 15.2 Å². The van der Waals surface area contributed by atoms with E-state index in [1.165, 1.54) is 0 Å². The summed E-state index contributed by atoms with van der Waals surface area (Å²) in [4.78, 5) is 19.4. The van der Waals surface area contributed by atoms with Crippen LogP contribution in [0.15, 0.2) is 48.5 Å². The van der Waals surface area contributed by atoms with Crippen LogP contribution in [0.5, 0.6) is 5.75 Å². The summed E-state index contributed by atoms with van der Waals surface area (Å²) in [6.45, 7) is 0.678. The largest absolute Gasteiger partial charge is 0.496 e. The Morgan fingerprint density at radius 1 is 1.04 bits per heavy atom. The fourth-order valence-corrected chi connectivity index (χ4v) is 3.54. The Morgan fingerprint density at radius 2 is 1.81 bits per heavy atom. The van der Waals surface area contributed by atoms with Gasteiger partial charge >= 0.3 is 0 Å². The van der Waals surface area contributed by atoms with E-state index in [-0.39, 0.29) is 17.8 Å². The molecule has 0 aliphatic carbocycles. The van der Waals surface area contributed by atoms with Crippen LogP contribution in [0.4, 0.5) is 0 Å². The zero-order valence-electron chi connectivity index (χ0n) is 14.6. The Balaban J connectivity index is 1.69. The summed E-state index contributed by atoms with van der Waals surface area (Å²) in [6.07, 6.45) is 2.94. The summed E-state index contributed by atoms with van der Waals surface area (Å²) < 4.78 is 5.51. The van der Waals surface area contributed by atoms with Crippen molar-refractivity contribution in [1.82, 2.24) is 20.1 Å². The van der Waals surface area contributed by atoms with Gasteiger partial charge in [0.25, 0.3) is 5.91 Å². The van der Waals surface area contributed by atoms with Gasteiger partial charge in [0.2, 0.25) is 5.82 Å². The molecule has 0 spiro atoms. The van der Waals surface area contributed by atoms with E-state index in [4.69, 9.17) is 4.74 Å². The summed E-state index contributed by atoms with van der Waals surface area (Å²) >= 11 is 0. The van der Waals surface area contributed by atoms with E-state index in [9.17, 15) is 4.79 Å². The third-order valence-corrected chi connectivity index (χ3v) is 4.81. The third-order valence-electron chi connectivity index (χ3n) is 4.81. The molecule has 2 heterocycles. The number of para-hydroxylation sites is 2. The number of ether oxygens (including phenoxy) is 1. The lowest BCUT2D eigenvalue weighted by molar-refractivity contribution is 0.0595. The Labute approximate surface area is 151 Å².